The van der Waals surface area contributed by atoms with Gasteiger partial charge in [-0.25, -0.2) is 9.69 Å². The summed E-state index contributed by atoms with van der Waals surface area (Å²) in [6.07, 6.45) is 0. The molecule has 1 N–H and O–H groups in total. The third kappa shape index (κ3) is 5.81. The number of morpholine rings is 1. The van der Waals surface area contributed by atoms with Gasteiger partial charge in [0.05, 0.1) is 29.6 Å². The highest BCUT2D eigenvalue weighted by molar-refractivity contribution is 6.35. The van der Waals surface area contributed by atoms with Gasteiger partial charge in [0.1, 0.15) is 12.4 Å². The molecule has 37 heavy (non-hydrogen) atoms. The number of hydrogen-bond donors (Lipinski definition) is 1. The Hall–Kier alpha value is -3.36. The second-order valence-corrected chi connectivity index (χ2v) is 9.51. The highest BCUT2D eigenvalue weighted by atomic mass is 35.5. The molecule has 0 bridgehead atoms. The van der Waals surface area contributed by atoms with E-state index in [0.717, 1.165) is 28.1 Å². The number of halogens is 2. The van der Waals surface area contributed by atoms with E-state index >= 15 is 0 Å². The molecule has 4 aromatic rings. The van der Waals surface area contributed by atoms with Crippen molar-refractivity contribution in [3.05, 3.63) is 99.7 Å². The first-order chi connectivity index (χ1) is 18.0. The number of amides is 1. The van der Waals surface area contributed by atoms with Crippen LogP contribution in [0, 0.1) is 6.92 Å². The number of ether oxygens (including phenoxy) is 2. The van der Waals surface area contributed by atoms with Crippen LogP contribution in [0.5, 0.6) is 5.75 Å². The molecular weight excluding hydrogens is 511 g/mol. The molecule has 1 amide bonds. The van der Waals surface area contributed by atoms with Crippen LogP contribution in [0.25, 0.3) is 16.9 Å². The summed E-state index contributed by atoms with van der Waals surface area (Å²) in [6.45, 7) is 4.73. The second kappa shape index (κ2) is 11.4. The minimum absolute atomic E-state index is 0.285. The number of hydrogen-bond acceptors (Lipinski definition) is 5. The predicted molar refractivity (Wildman–Crippen MR) is 144 cm³/mol. The van der Waals surface area contributed by atoms with Gasteiger partial charge in [-0.3, -0.25) is 10.2 Å². The average Bonchev–Trinajstić information content (AvgIpc) is 3.25. The van der Waals surface area contributed by atoms with Crippen molar-refractivity contribution in [1.82, 2.24) is 20.2 Å². The Morgan fingerprint density at radius 2 is 1.76 bits per heavy atom. The predicted octanol–water partition coefficient (Wildman–Crippen LogP) is 5.71. The van der Waals surface area contributed by atoms with Crippen molar-refractivity contribution in [3.8, 4) is 22.7 Å². The van der Waals surface area contributed by atoms with E-state index in [-0.39, 0.29) is 5.91 Å². The summed E-state index contributed by atoms with van der Waals surface area (Å²) < 4.78 is 13.0. The quantitative estimate of drug-likeness (QED) is 0.327. The van der Waals surface area contributed by atoms with E-state index in [1.807, 2.05) is 66.5 Å². The molecule has 9 heteroatoms. The zero-order valence-corrected chi connectivity index (χ0v) is 21.8. The number of nitrogens with one attached hydrogen (secondary N) is 1. The van der Waals surface area contributed by atoms with Gasteiger partial charge in [0.15, 0.2) is 5.69 Å². The van der Waals surface area contributed by atoms with E-state index in [2.05, 4.69) is 5.43 Å². The zero-order valence-electron chi connectivity index (χ0n) is 20.3. The molecule has 3 aromatic carbocycles. The molecule has 1 saturated heterocycles. The Balaban J connectivity index is 1.47. The van der Waals surface area contributed by atoms with Crippen LogP contribution in [-0.2, 0) is 11.3 Å². The van der Waals surface area contributed by atoms with Crippen molar-refractivity contribution in [2.75, 3.05) is 26.3 Å². The Bertz CT molecular complexity index is 1380. The minimum atomic E-state index is -0.285. The number of hydrazine groups is 1. The minimum Gasteiger partial charge on any atom is -0.489 e. The molecule has 2 heterocycles. The summed E-state index contributed by atoms with van der Waals surface area (Å²) in [5.41, 5.74) is 7.34. The van der Waals surface area contributed by atoms with Crippen molar-refractivity contribution in [1.29, 1.82) is 0 Å². The van der Waals surface area contributed by atoms with Gasteiger partial charge < -0.3 is 9.47 Å². The number of carbonyl (C=O) groups is 1. The number of rotatable bonds is 7. The molecule has 1 fully saturated rings. The monoisotopic (exact) mass is 536 g/mol. The Kier molecular flexibility index (Phi) is 7.76. The third-order valence-electron chi connectivity index (χ3n) is 6.12. The fraction of sp³-hybridized carbons (Fsp3) is 0.214. The van der Waals surface area contributed by atoms with E-state index in [0.29, 0.717) is 54.3 Å². The average molecular weight is 537 g/mol. The molecule has 0 radical (unpaired) electrons. The Morgan fingerprint density at radius 1 is 1.03 bits per heavy atom. The summed E-state index contributed by atoms with van der Waals surface area (Å²) in [5, 5.41) is 7.49. The molecule has 5 rings (SSSR count). The Labute approximate surface area is 225 Å². The molecule has 0 unspecified atom stereocenters. The van der Waals surface area contributed by atoms with Crippen LogP contribution in [0.15, 0.2) is 72.8 Å². The fourth-order valence-corrected chi connectivity index (χ4v) is 4.69. The number of aromatic nitrogens is 2. The van der Waals surface area contributed by atoms with Gasteiger partial charge in [-0.2, -0.15) is 5.10 Å². The lowest BCUT2D eigenvalue weighted by Crippen LogP contribution is -2.48. The van der Waals surface area contributed by atoms with Crippen LogP contribution in [0.4, 0.5) is 0 Å². The first-order valence-corrected chi connectivity index (χ1v) is 12.7. The van der Waals surface area contributed by atoms with E-state index in [4.69, 9.17) is 37.8 Å². The van der Waals surface area contributed by atoms with Gasteiger partial charge in [0, 0.05) is 29.2 Å². The first-order valence-electron chi connectivity index (χ1n) is 12.0. The van der Waals surface area contributed by atoms with Crippen molar-refractivity contribution in [3.63, 3.8) is 0 Å². The first kappa shape index (κ1) is 25.3. The number of nitrogens with zero attached hydrogens (tertiary/aromatic N) is 3. The summed E-state index contributed by atoms with van der Waals surface area (Å²) in [4.78, 5) is 13.2. The Morgan fingerprint density at radius 3 is 2.46 bits per heavy atom. The normalized spacial score (nSPS) is 13.9. The molecule has 1 aliphatic rings. The molecule has 1 aromatic heterocycles. The highest BCUT2D eigenvalue weighted by Gasteiger charge is 2.25. The van der Waals surface area contributed by atoms with Gasteiger partial charge >= 0.3 is 0 Å². The van der Waals surface area contributed by atoms with E-state index < -0.39 is 0 Å². The summed E-state index contributed by atoms with van der Waals surface area (Å²) >= 11 is 12.7. The SMILES string of the molecule is Cc1c(C(=O)NN2CCOCC2)nn(-c2ccc(Cl)cc2Cl)c1-c1ccc(OCc2ccccc2)cc1. The summed E-state index contributed by atoms with van der Waals surface area (Å²) in [7, 11) is 0. The zero-order chi connectivity index (χ0) is 25.8. The maximum atomic E-state index is 13.2. The molecule has 0 aliphatic carbocycles. The molecule has 1 aliphatic heterocycles. The standard InChI is InChI=1S/C28H26Cl2N4O3/c1-19-26(28(35)32-33-13-15-36-16-14-33)31-34(25-12-9-22(29)17-24(25)30)27(19)21-7-10-23(11-8-21)37-18-20-5-3-2-4-6-20/h2-12,17H,13-16,18H2,1H3,(H,32,35). The third-order valence-corrected chi connectivity index (χ3v) is 6.66. The summed E-state index contributed by atoms with van der Waals surface area (Å²) in [5.74, 6) is 0.457. The second-order valence-electron chi connectivity index (χ2n) is 8.67. The molecule has 7 nitrogen and oxygen atoms in total. The van der Waals surface area contributed by atoms with Crippen LogP contribution in [-0.4, -0.2) is 47.0 Å². The van der Waals surface area contributed by atoms with Crippen molar-refractivity contribution in [2.45, 2.75) is 13.5 Å². The van der Waals surface area contributed by atoms with Gasteiger partial charge in [0.25, 0.3) is 5.91 Å². The largest absolute Gasteiger partial charge is 0.489 e. The lowest BCUT2D eigenvalue weighted by molar-refractivity contribution is 0.0124. The lowest BCUT2D eigenvalue weighted by atomic mass is 10.1. The molecular formula is C28H26Cl2N4O3. The molecule has 0 spiro atoms. The van der Waals surface area contributed by atoms with Crippen LogP contribution in [0.3, 0.4) is 0 Å². The van der Waals surface area contributed by atoms with Crippen molar-refractivity contribution >= 4 is 29.1 Å². The number of carbonyl (C=O) groups excluding carboxylic acids is 1. The van der Waals surface area contributed by atoms with Crippen molar-refractivity contribution < 1.29 is 14.3 Å². The van der Waals surface area contributed by atoms with Crippen LogP contribution in [0.1, 0.15) is 21.6 Å². The van der Waals surface area contributed by atoms with E-state index in [1.165, 1.54) is 0 Å². The van der Waals surface area contributed by atoms with Crippen LogP contribution in [0.2, 0.25) is 10.0 Å². The molecule has 0 atom stereocenters. The van der Waals surface area contributed by atoms with Gasteiger partial charge in [-0.05, 0) is 55.0 Å². The van der Waals surface area contributed by atoms with E-state index in [1.54, 1.807) is 22.9 Å². The van der Waals surface area contributed by atoms with Crippen LogP contribution < -0.4 is 10.2 Å². The molecule has 0 saturated carbocycles. The maximum Gasteiger partial charge on any atom is 0.286 e. The van der Waals surface area contributed by atoms with Gasteiger partial charge in [-0.15, -0.1) is 0 Å². The smallest absolute Gasteiger partial charge is 0.286 e. The topological polar surface area (TPSA) is 68.6 Å². The molecule has 190 valence electrons. The van der Waals surface area contributed by atoms with Crippen LogP contribution >= 0.6 is 23.2 Å². The van der Waals surface area contributed by atoms with Gasteiger partial charge in [-0.1, -0.05) is 53.5 Å². The fourth-order valence-electron chi connectivity index (χ4n) is 4.20. The van der Waals surface area contributed by atoms with Crippen molar-refractivity contribution in [2.24, 2.45) is 0 Å². The maximum absolute atomic E-state index is 13.2. The number of benzene rings is 3. The van der Waals surface area contributed by atoms with Gasteiger partial charge in [0.2, 0.25) is 0 Å². The van der Waals surface area contributed by atoms with E-state index in [9.17, 15) is 4.79 Å². The lowest BCUT2D eigenvalue weighted by Gasteiger charge is -2.26. The summed E-state index contributed by atoms with van der Waals surface area (Å²) in [6, 6.07) is 22.9. The highest BCUT2D eigenvalue weighted by Crippen LogP contribution is 2.33.